The first-order valence-corrected chi connectivity index (χ1v) is 8.89. The molecule has 0 bridgehead atoms. The molecule has 2 aromatic rings. The monoisotopic (exact) mass is 386 g/mol. The number of amides is 2. The molecular weight excluding hydrogens is 363 g/mol. The van der Waals surface area contributed by atoms with E-state index in [1.807, 2.05) is 13.8 Å². The van der Waals surface area contributed by atoms with E-state index in [1.165, 1.54) is 30.3 Å². The number of carboxylic acid groups (broad SMARTS) is 1. The molecule has 1 atom stereocenters. The summed E-state index contributed by atoms with van der Waals surface area (Å²) in [5.41, 5.74) is 1.11. The Morgan fingerprint density at radius 3 is 2.36 bits per heavy atom. The van der Waals surface area contributed by atoms with Gasteiger partial charge < -0.3 is 15.7 Å². The van der Waals surface area contributed by atoms with Crippen molar-refractivity contribution in [2.24, 2.45) is 5.92 Å². The van der Waals surface area contributed by atoms with Crippen LogP contribution < -0.4 is 10.6 Å². The van der Waals surface area contributed by atoms with Gasteiger partial charge in [-0.2, -0.15) is 0 Å². The number of carbonyl (C=O) groups excluding carboxylic acids is 2. The van der Waals surface area contributed by atoms with E-state index in [0.717, 1.165) is 0 Å². The molecule has 0 spiro atoms. The van der Waals surface area contributed by atoms with Gasteiger partial charge in [0, 0.05) is 11.3 Å². The van der Waals surface area contributed by atoms with Crippen LogP contribution in [0.3, 0.4) is 0 Å². The Bertz CT molecular complexity index is 896. The molecule has 7 heteroatoms. The summed E-state index contributed by atoms with van der Waals surface area (Å²) in [5.74, 6) is -2.86. The lowest BCUT2D eigenvalue weighted by Crippen LogP contribution is -2.41. The molecule has 0 saturated carbocycles. The Morgan fingerprint density at radius 1 is 1.07 bits per heavy atom. The largest absolute Gasteiger partial charge is 0.480 e. The third-order valence-electron chi connectivity index (χ3n) is 4.18. The molecule has 2 rings (SSSR count). The molecule has 148 valence electrons. The van der Waals surface area contributed by atoms with Gasteiger partial charge in [-0.15, -0.1) is 0 Å². The Hall–Kier alpha value is -3.22. The SMILES string of the molecule is Cc1ccc(C(=O)NC(CC(C)C)C(=O)O)cc1NC(=O)c1ccccc1F. The van der Waals surface area contributed by atoms with Crippen molar-refractivity contribution in [3.63, 3.8) is 0 Å². The number of aryl methyl sites for hydroxylation is 1. The van der Waals surface area contributed by atoms with E-state index in [-0.39, 0.29) is 17.0 Å². The van der Waals surface area contributed by atoms with Crippen molar-refractivity contribution < 1.29 is 23.9 Å². The topological polar surface area (TPSA) is 95.5 Å². The molecule has 3 N–H and O–H groups in total. The Labute approximate surface area is 162 Å². The quantitative estimate of drug-likeness (QED) is 0.677. The summed E-state index contributed by atoms with van der Waals surface area (Å²) in [5, 5.41) is 14.4. The van der Waals surface area contributed by atoms with Crippen LogP contribution in [0.15, 0.2) is 42.5 Å². The van der Waals surface area contributed by atoms with Gasteiger partial charge in [-0.05, 0) is 49.1 Å². The summed E-state index contributed by atoms with van der Waals surface area (Å²) in [4.78, 5) is 36.1. The molecule has 0 fully saturated rings. The van der Waals surface area contributed by atoms with Gasteiger partial charge in [-0.3, -0.25) is 9.59 Å². The average Bonchev–Trinajstić information content (AvgIpc) is 2.62. The second kappa shape index (κ2) is 9.12. The van der Waals surface area contributed by atoms with Crippen LogP contribution in [0.1, 0.15) is 46.5 Å². The first kappa shape index (κ1) is 21.1. The molecule has 6 nitrogen and oxygen atoms in total. The van der Waals surface area contributed by atoms with Crippen LogP contribution in [0.5, 0.6) is 0 Å². The normalized spacial score (nSPS) is 11.8. The van der Waals surface area contributed by atoms with Crippen molar-refractivity contribution in [1.29, 1.82) is 0 Å². The number of anilines is 1. The molecule has 0 aliphatic heterocycles. The molecule has 1 unspecified atom stereocenters. The highest BCUT2D eigenvalue weighted by Gasteiger charge is 2.22. The highest BCUT2D eigenvalue weighted by molar-refractivity contribution is 6.06. The van der Waals surface area contributed by atoms with E-state index in [9.17, 15) is 23.9 Å². The number of hydrogen-bond acceptors (Lipinski definition) is 3. The standard InChI is InChI=1S/C21H23FN2O4/c1-12(2)10-18(21(27)28)24-19(25)14-9-8-13(3)17(11-14)23-20(26)15-6-4-5-7-16(15)22/h4-9,11-12,18H,10H2,1-3H3,(H,23,26)(H,24,25)(H,27,28). The predicted molar refractivity (Wildman–Crippen MR) is 104 cm³/mol. The zero-order valence-corrected chi connectivity index (χ0v) is 16.0. The summed E-state index contributed by atoms with van der Waals surface area (Å²) < 4.78 is 13.8. The van der Waals surface area contributed by atoms with Crippen LogP contribution in [0.4, 0.5) is 10.1 Å². The third-order valence-corrected chi connectivity index (χ3v) is 4.18. The number of carboxylic acids is 1. The van der Waals surface area contributed by atoms with Gasteiger partial charge in [-0.1, -0.05) is 32.0 Å². The minimum absolute atomic E-state index is 0.0926. The van der Waals surface area contributed by atoms with E-state index in [0.29, 0.717) is 17.7 Å². The second-order valence-corrected chi connectivity index (χ2v) is 6.96. The van der Waals surface area contributed by atoms with Gasteiger partial charge in [0.15, 0.2) is 0 Å². The molecule has 0 aromatic heterocycles. The summed E-state index contributed by atoms with van der Waals surface area (Å²) in [6, 6.07) is 9.19. The Balaban J connectivity index is 2.20. The number of rotatable bonds is 7. The maximum atomic E-state index is 13.8. The van der Waals surface area contributed by atoms with Crippen molar-refractivity contribution in [3.8, 4) is 0 Å². The Kier molecular flexibility index (Phi) is 6.87. The van der Waals surface area contributed by atoms with Crippen molar-refractivity contribution >= 4 is 23.5 Å². The number of nitrogens with one attached hydrogen (secondary N) is 2. The summed E-state index contributed by atoms with van der Waals surface area (Å²) in [6.07, 6.45) is 0.295. The molecule has 0 radical (unpaired) electrons. The van der Waals surface area contributed by atoms with Gasteiger partial charge in [0.05, 0.1) is 5.56 Å². The van der Waals surface area contributed by atoms with E-state index < -0.39 is 29.6 Å². The van der Waals surface area contributed by atoms with Crippen LogP contribution >= 0.6 is 0 Å². The lowest BCUT2D eigenvalue weighted by atomic mass is 10.0. The summed E-state index contributed by atoms with van der Waals surface area (Å²) in [7, 11) is 0. The van der Waals surface area contributed by atoms with E-state index in [2.05, 4.69) is 10.6 Å². The molecule has 0 aliphatic carbocycles. The molecule has 0 saturated heterocycles. The highest BCUT2D eigenvalue weighted by Crippen LogP contribution is 2.19. The second-order valence-electron chi connectivity index (χ2n) is 6.96. The van der Waals surface area contributed by atoms with Crippen LogP contribution in [-0.2, 0) is 4.79 Å². The maximum Gasteiger partial charge on any atom is 0.326 e. The predicted octanol–water partition coefficient (Wildman–Crippen LogP) is 3.62. The zero-order valence-electron chi connectivity index (χ0n) is 16.0. The van der Waals surface area contributed by atoms with Crippen LogP contribution in [-0.4, -0.2) is 28.9 Å². The third kappa shape index (κ3) is 5.39. The fourth-order valence-electron chi connectivity index (χ4n) is 2.67. The molecule has 2 aromatic carbocycles. The maximum absolute atomic E-state index is 13.8. The van der Waals surface area contributed by atoms with Crippen molar-refractivity contribution in [1.82, 2.24) is 5.32 Å². The fraction of sp³-hybridized carbons (Fsp3) is 0.286. The van der Waals surface area contributed by atoms with Crippen molar-refractivity contribution in [2.45, 2.75) is 33.2 Å². The first-order chi connectivity index (χ1) is 13.2. The molecular formula is C21H23FN2O4. The first-order valence-electron chi connectivity index (χ1n) is 8.89. The average molecular weight is 386 g/mol. The minimum atomic E-state index is -1.11. The van der Waals surface area contributed by atoms with Crippen molar-refractivity contribution in [3.05, 3.63) is 65.0 Å². The number of carbonyl (C=O) groups is 3. The lowest BCUT2D eigenvalue weighted by molar-refractivity contribution is -0.139. The van der Waals surface area contributed by atoms with Crippen LogP contribution in [0.25, 0.3) is 0 Å². The molecule has 0 aliphatic rings. The van der Waals surface area contributed by atoms with Gasteiger partial charge in [0.25, 0.3) is 11.8 Å². The van der Waals surface area contributed by atoms with Gasteiger partial charge in [0.2, 0.25) is 0 Å². The van der Waals surface area contributed by atoms with Gasteiger partial charge >= 0.3 is 5.97 Å². The van der Waals surface area contributed by atoms with Gasteiger partial charge in [-0.25, -0.2) is 9.18 Å². The number of hydrogen-bond donors (Lipinski definition) is 3. The van der Waals surface area contributed by atoms with Crippen molar-refractivity contribution in [2.75, 3.05) is 5.32 Å². The molecule has 2 amide bonds. The number of halogens is 1. The van der Waals surface area contributed by atoms with Crippen LogP contribution in [0, 0.1) is 18.7 Å². The molecule has 28 heavy (non-hydrogen) atoms. The van der Waals surface area contributed by atoms with Gasteiger partial charge in [0.1, 0.15) is 11.9 Å². The van der Waals surface area contributed by atoms with E-state index in [1.54, 1.807) is 19.1 Å². The summed E-state index contributed by atoms with van der Waals surface area (Å²) in [6.45, 7) is 5.46. The smallest absolute Gasteiger partial charge is 0.326 e. The van der Waals surface area contributed by atoms with E-state index >= 15 is 0 Å². The highest BCUT2D eigenvalue weighted by atomic mass is 19.1. The minimum Gasteiger partial charge on any atom is -0.480 e. The fourth-order valence-corrected chi connectivity index (χ4v) is 2.67. The van der Waals surface area contributed by atoms with Crippen LogP contribution in [0.2, 0.25) is 0 Å². The molecule has 0 heterocycles. The van der Waals surface area contributed by atoms with E-state index in [4.69, 9.17) is 0 Å². The summed E-state index contributed by atoms with van der Waals surface area (Å²) >= 11 is 0. The number of benzene rings is 2. The lowest BCUT2D eigenvalue weighted by Gasteiger charge is -2.17. The number of aliphatic carboxylic acids is 1. The zero-order chi connectivity index (χ0) is 20.8. The Morgan fingerprint density at radius 2 is 1.75 bits per heavy atom.